The van der Waals surface area contributed by atoms with E-state index in [-0.39, 0.29) is 5.91 Å². The minimum Gasteiger partial charge on any atom is -0.381 e. The normalized spacial score (nSPS) is 17.1. The number of nitrogens with zero attached hydrogens (tertiary/aromatic N) is 3. The van der Waals surface area contributed by atoms with Crippen molar-refractivity contribution < 1.29 is 9.53 Å². The van der Waals surface area contributed by atoms with Crippen LogP contribution in [0, 0.1) is 5.92 Å². The number of ether oxygens (including phenoxy) is 1. The molecule has 0 aliphatic carbocycles. The summed E-state index contributed by atoms with van der Waals surface area (Å²) in [6.45, 7) is 2.26. The van der Waals surface area contributed by atoms with Crippen LogP contribution in [-0.2, 0) is 11.3 Å². The Hall–Kier alpha value is -2.77. The fraction of sp³-hybridized carbons (Fsp3) is 0.286. The van der Waals surface area contributed by atoms with Gasteiger partial charge in [0.25, 0.3) is 5.91 Å². The van der Waals surface area contributed by atoms with Crippen LogP contribution < -0.4 is 5.32 Å². The number of hydrogen-bond acceptors (Lipinski definition) is 5. The number of thiazole rings is 1. The lowest BCUT2D eigenvalue weighted by Crippen LogP contribution is -2.17. The maximum Gasteiger partial charge on any atom is 0.274 e. The molecule has 0 radical (unpaired) electrons. The molecular weight excluding hydrogens is 372 g/mol. The number of anilines is 1. The van der Waals surface area contributed by atoms with Crippen molar-refractivity contribution in [1.29, 1.82) is 0 Å². The molecule has 1 amide bonds. The van der Waals surface area contributed by atoms with Gasteiger partial charge in [-0.1, -0.05) is 6.08 Å². The van der Waals surface area contributed by atoms with Gasteiger partial charge in [-0.2, -0.15) is 0 Å². The number of nitrogens with one attached hydrogen (secondary N) is 1. The molecule has 0 spiro atoms. The Morgan fingerprint density at radius 1 is 1.36 bits per heavy atom. The molecule has 6 nitrogen and oxygen atoms in total. The van der Waals surface area contributed by atoms with Crippen LogP contribution in [0.15, 0.2) is 54.3 Å². The summed E-state index contributed by atoms with van der Waals surface area (Å²) in [5.41, 5.74) is 2.55. The number of carbonyl (C=O) groups is 1. The summed E-state index contributed by atoms with van der Waals surface area (Å²) < 4.78 is 7.41. The fourth-order valence-electron chi connectivity index (χ4n) is 3.18. The minimum absolute atomic E-state index is 0.162. The van der Waals surface area contributed by atoms with E-state index in [1.165, 1.54) is 11.3 Å². The number of rotatable bonds is 6. The lowest BCUT2D eigenvalue weighted by Gasteiger charge is -2.18. The topological polar surface area (TPSA) is 69.0 Å². The van der Waals surface area contributed by atoms with Crippen molar-refractivity contribution in [2.75, 3.05) is 18.5 Å². The highest BCUT2D eigenvalue weighted by molar-refractivity contribution is 7.14. The van der Waals surface area contributed by atoms with E-state index in [4.69, 9.17) is 4.74 Å². The van der Waals surface area contributed by atoms with Crippen molar-refractivity contribution in [3.05, 3.63) is 71.3 Å². The van der Waals surface area contributed by atoms with E-state index in [0.29, 0.717) is 23.3 Å². The average molecular weight is 395 g/mol. The predicted octanol–water partition coefficient (Wildman–Crippen LogP) is 4.08. The molecule has 1 fully saturated rings. The van der Waals surface area contributed by atoms with E-state index in [9.17, 15) is 4.79 Å². The second-order valence-electron chi connectivity index (χ2n) is 6.74. The Balaban J connectivity index is 1.39. The summed E-state index contributed by atoms with van der Waals surface area (Å²) in [6.07, 6.45) is 11.8. The lowest BCUT2D eigenvalue weighted by atomic mass is 10.0. The van der Waals surface area contributed by atoms with Gasteiger partial charge in [-0.25, -0.2) is 4.98 Å². The lowest BCUT2D eigenvalue weighted by molar-refractivity contribution is 0.0713. The number of amides is 1. The summed E-state index contributed by atoms with van der Waals surface area (Å²) in [5, 5.41) is 5.45. The van der Waals surface area contributed by atoms with E-state index < -0.39 is 0 Å². The van der Waals surface area contributed by atoms with Crippen molar-refractivity contribution in [3.8, 4) is 0 Å². The molecule has 4 heterocycles. The molecule has 144 valence electrons. The smallest absolute Gasteiger partial charge is 0.274 e. The van der Waals surface area contributed by atoms with E-state index in [2.05, 4.69) is 21.4 Å². The van der Waals surface area contributed by atoms with Crippen LogP contribution in [0.25, 0.3) is 6.08 Å². The van der Waals surface area contributed by atoms with Crippen molar-refractivity contribution in [2.24, 2.45) is 5.92 Å². The standard InChI is InChI=1S/C21H22N4O2S/c26-20(19-4-1-11-25(19)13-16-7-9-22-10-8-16)24-21-23-18(15-28-21)6-5-17-3-2-12-27-14-17/h1,4-11,15,17H,2-3,12-14H2,(H,23,24,26)/b6-5+. The van der Waals surface area contributed by atoms with Gasteiger partial charge in [0.1, 0.15) is 5.69 Å². The molecule has 1 aliphatic heterocycles. The number of hydrogen-bond donors (Lipinski definition) is 1. The molecule has 4 rings (SSSR count). The quantitative estimate of drug-likeness (QED) is 0.684. The van der Waals surface area contributed by atoms with E-state index in [0.717, 1.165) is 37.3 Å². The first-order chi connectivity index (χ1) is 13.8. The van der Waals surface area contributed by atoms with Gasteiger partial charge in [-0.15, -0.1) is 11.3 Å². The van der Waals surface area contributed by atoms with Gasteiger partial charge in [-0.3, -0.25) is 15.1 Å². The zero-order valence-corrected chi connectivity index (χ0v) is 16.3. The highest BCUT2D eigenvalue weighted by Crippen LogP contribution is 2.20. The van der Waals surface area contributed by atoms with E-state index >= 15 is 0 Å². The first-order valence-electron chi connectivity index (χ1n) is 9.35. The summed E-state index contributed by atoms with van der Waals surface area (Å²) in [6, 6.07) is 7.57. The molecule has 1 saturated heterocycles. The van der Waals surface area contributed by atoms with Gasteiger partial charge in [0.05, 0.1) is 12.3 Å². The van der Waals surface area contributed by atoms with Crippen LogP contribution in [0.4, 0.5) is 5.13 Å². The van der Waals surface area contributed by atoms with E-state index in [1.54, 1.807) is 12.4 Å². The highest BCUT2D eigenvalue weighted by Gasteiger charge is 2.14. The first kappa shape index (κ1) is 18.6. The number of aromatic nitrogens is 3. The van der Waals surface area contributed by atoms with Crippen molar-refractivity contribution in [2.45, 2.75) is 19.4 Å². The van der Waals surface area contributed by atoms with Gasteiger partial charge >= 0.3 is 0 Å². The van der Waals surface area contributed by atoms with Gasteiger partial charge < -0.3 is 9.30 Å². The Morgan fingerprint density at radius 2 is 2.25 bits per heavy atom. The third kappa shape index (κ3) is 4.74. The highest BCUT2D eigenvalue weighted by atomic mass is 32.1. The molecule has 28 heavy (non-hydrogen) atoms. The summed E-state index contributed by atoms with van der Waals surface area (Å²) >= 11 is 1.43. The second kappa shape index (κ2) is 8.95. The van der Waals surface area contributed by atoms with Gasteiger partial charge in [0, 0.05) is 43.0 Å². The van der Waals surface area contributed by atoms with Crippen LogP contribution in [0.3, 0.4) is 0 Å². The number of pyridine rings is 1. The zero-order chi connectivity index (χ0) is 19.2. The molecule has 3 aromatic rings. The monoisotopic (exact) mass is 394 g/mol. The molecule has 1 atom stereocenters. The average Bonchev–Trinajstić information content (AvgIpc) is 3.37. The molecule has 1 aliphatic rings. The van der Waals surface area contributed by atoms with Crippen LogP contribution in [0.5, 0.6) is 0 Å². The van der Waals surface area contributed by atoms with Crippen LogP contribution in [0.1, 0.15) is 34.6 Å². The largest absolute Gasteiger partial charge is 0.381 e. The SMILES string of the molecule is O=C(Nc1nc(/C=C/C2CCCOC2)cs1)c1cccn1Cc1ccncc1. The maximum atomic E-state index is 12.7. The third-order valence-electron chi connectivity index (χ3n) is 4.64. The number of carbonyl (C=O) groups excluding carboxylic acids is 1. The maximum absolute atomic E-state index is 12.7. The second-order valence-corrected chi connectivity index (χ2v) is 7.60. The molecule has 1 N–H and O–H groups in total. The molecular formula is C21H22N4O2S. The fourth-order valence-corrected chi connectivity index (χ4v) is 3.85. The van der Waals surface area contributed by atoms with Crippen LogP contribution in [0.2, 0.25) is 0 Å². The van der Waals surface area contributed by atoms with Gasteiger partial charge in [0.2, 0.25) is 0 Å². The van der Waals surface area contributed by atoms with Crippen LogP contribution in [-0.4, -0.2) is 33.7 Å². The van der Waals surface area contributed by atoms with Crippen molar-refractivity contribution in [3.63, 3.8) is 0 Å². The van der Waals surface area contributed by atoms with E-state index in [1.807, 2.05) is 46.5 Å². The van der Waals surface area contributed by atoms with Crippen molar-refractivity contribution in [1.82, 2.24) is 14.5 Å². The van der Waals surface area contributed by atoms with Crippen LogP contribution >= 0.6 is 11.3 Å². The summed E-state index contributed by atoms with van der Waals surface area (Å²) in [7, 11) is 0. The Kier molecular flexibility index (Phi) is 5.94. The Morgan fingerprint density at radius 3 is 3.07 bits per heavy atom. The molecule has 0 aromatic carbocycles. The molecule has 0 bridgehead atoms. The van der Waals surface area contributed by atoms with Gasteiger partial charge in [-0.05, 0) is 48.7 Å². The van der Waals surface area contributed by atoms with Crippen molar-refractivity contribution >= 4 is 28.5 Å². The predicted molar refractivity (Wildman–Crippen MR) is 110 cm³/mol. The first-order valence-corrected chi connectivity index (χ1v) is 10.2. The van der Waals surface area contributed by atoms with Gasteiger partial charge in [0.15, 0.2) is 5.13 Å². The molecule has 7 heteroatoms. The zero-order valence-electron chi connectivity index (χ0n) is 15.5. The molecule has 3 aromatic heterocycles. The third-order valence-corrected chi connectivity index (χ3v) is 5.42. The summed E-state index contributed by atoms with van der Waals surface area (Å²) in [4.78, 5) is 21.2. The Labute approximate surface area is 167 Å². The summed E-state index contributed by atoms with van der Waals surface area (Å²) in [5.74, 6) is 0.287. The Bertz CT molecular complexity index is 942. The minimum atomic E-state index is -0.162. The molecule has 1 unspecified atom stereocenters. The molecule has 0 saturated carbocycles.